The molecule has 0 saturated carbocycles. The maximum atomic E-state index is 12.6. The summed E-state index contributed by atoms with van der Waals surface area (Å²) >= 11 is 17.5. The number of aliphatic carboxylic acids is 2. The summed E-state index contributed by atoms with van der Waals surface area (Å²) in [6, 6.07) is 20.7. The molecular weight excluding hydrogens is 1750 g/mol. The highest BCUT2D eigenvalue weighted by molar-refractivity contribution is 7.92. The lowest BCUT2D eigenvalue weighted by atomic mass is 10.0. The molecule has 0 bridgehead atoms. The number of amides is 6. The number of benzene rings is 4. The molecule has 4 aromatic carbocycles. The standard InChI is InChI=1S/C25H33N3O6S.C22H27N3O8S2.C21H30N2O4S.C18H24N2O6S2/c1-25(2,35)15-17(29)16-26-20-6-4-12-27(3)21-14-18(8-9-19(20)21)33-13-5-7-24(32)34-28-22(30)10-11-23(28)31;1-22(2,34)13-18(26)24-23-16-9-11-35(30,31)17-12-14(5-6-15(16)17)32-10-3-4-21(29)33-25-19(27)7-8-20(25)28;1-21(2,28)13-15(24)14-22-18-6-4-10-23(3)19-12-16(8-9-17(18)19)27-11-5-7-20(25)26;1-18(2,27)11-16(21)20-19-14-7-9-28(24,25)15-10-12(5-6-13(14)15)26-8-3-4-17(22)23/h8-9,14,35H,4-7,10-13,15-16H2,1-3H3;5-6,12,34H,3-4,7-11,13H2,1-2H3,(H,24,26);8-9,12,28H,4-7,10-11,13-14H2,1-3H3,(H,25,26);5-6,10,27H,3-4,7-9,11H2,1-2H3,(H,20,21)(H,22,23)/b;23-16+;;19-14+. The van der Waals surface area contributed by atoms with Crippen molar-refractivity contribution in [1.82, 2.24) is 21.0 Å². The van der Waals surface area contributed by atoms with Crippen LogP contribution in [0.5, 0.6) is 23.0 Å². The number of carbonyl (C=O) groups is 12. The monoisotopic (exact) mass is 1860 g/mol. The van der Waals surface area contributed by atoms with Crippen LogP contribution in [-0.4, -0.2) is 228 Å². The fourth-order valence-electron chi connectivity index (χ4n) is 13.3. The summed E-state index contributed by atoms with van der Waals surface area (Å²) in [5.41, 5.74) is 12.5. The van der Waals surface area contributed by atoms with Crippen LogP contribution in [0, 0.1) is 0 Å². The molecule has 4 aromatic rings. The highest BCUT2D eigenvalue weighted by atomic mass is 32.2. The second kappa shape index (κ2) is 47.2. The Hall–Kier alpha value is -9.90. The lowest BCUT2D eigenvalue weighted by molar-refractivity contribution is -0.197. The van der Waals surface area contributed by atoms with Crippen LogP contribution in [0.1, 0.15) is 219 Å². The Morgan fingerprint density at radius 3 is 1.02 bits per heavy atom. The number of anilines is 2. The number of nitrogens with zero attached hydrogens (tertiary/aromatic N) is 8. The third-order valence-electron chi connectivity index (χ3n) is 19.2. The fourth-order valence-corrected chi connectivity index (χ4v) is 16.9. The molecular formula is C86H114N10O24S6. The summed E-state index contributed by atoms with van der Waals surface area (Å²) in [5.74, 6) is -3.97. The number of imide groups is 2. The number of nitrogens with one attached hydrogen (secondary N) is 2. The lowest BCUT2D eigenvalue weighted by Gasteiger charge is -2.20. The number of carbonyl (C=O) groups excluding carboxylic acids is 10. The number of ether oxygens (including phenoxy) is 4. The van der Waals surface area contributed by atoms with Gasteiger partial charge in [-0.3, -0.25) is 57.9 Å². The molecule has 2 saturated heterocycles. The van der Waals surface area contributed by atoms with Crippen molar-refractivity contribution in [2.75, 3.05) is 88.0 Å². The maximum absolute atomic E-state index is 12.6. The Morgan fingerprint density at radius 1 is 0.413 bits per heavy atom. The number of carboxylic acid groups (broad SMARTS) is 2. The number of fused-ring (bicyclic) bond motifs is 4. The van der Waals surface area contributed by atoms with Gasteiger partial charge in [-0.15, -0.1) is 10.1 Å². The molecule has 0 spiro atoms. The number of thiol groups is 4. The van der Waals surface area contributed by atoms with Gasteiger partial charge in [-0.25, -0.2) is 37.3 Å². The quantitative estimate of drug-likeness (QED) is 0.00907. The smallest absolute Gasteiger partial charge is 0.333 e. The molecule has 0 atom stereocenters. The van der Waals surface area contributed by atoms with Crippen molar-refractivity contribution < 1.29 is 113 Å². The number of sulfone groups is 2. The maximum Gasteiger partial charge on any atom is 0.333 e. The number of hydrogen-bond donors (Lipinski definition) is 8. The molecule has 34 nitrogen and oxygen atoms in total. The second-order valence-electron chi connectivity index (χ2n) is 33.3. The first kappa shape index (κ1) is 103. The van der Waals surface area contributed by atoms with E-state index < -0.39 is 76.7 Å². The number of hydroxylamine groups is 4. The molecule has 688 valence electrons. The SMILES string of the molecule is CC(C)(S)CC(=O)N/N=C1\CCS(=O)(=O)c2cc(OCCCC(=O)O)ccc21.CC(C)(S)CC(=O)N/N=C1\CCS(=O)(=O)c2cc(OCCCC(=O)ON3C(=O)CCC3=O)ccc21.CN1CCCC(=NCC(=O)CC(C)(C)S)c2ccc(OCCCC(=O)O)cc21.CN1CCCC(=NCC(=O)CC(C)(C)S)c2ccc(OCCCC(=O)ON3C(=O)CCC3=O)cc21. The normalized spacial score (nSPS) is 17.3. The molecule has 0 aromatic heterocycles. The van der Waals surface area contributed by atoms with E-state index in [9.17, 15) is 74.4 Å². The van der Waals surface area contributed by atoms with Crippen LogP contribution in [-0.2, 0) is 86.9 Å². The number of rotatable bonds is 36. The molecule has 40 heteroatoms. The summed E-state index contributed by atoms with van der Waals surface area (Å²) in [6.45, 7) is 17.8. The number of hydrogen-bond acceptors (Lipinski definition) is 32. The molecule has 2 fully saturated rings. The third kappa shape index (κ3) is 35.0. The van der Waals surface area contributed by atoms with Gasteiger partial charge in [0.2, 0.25) is 11.8 Å². The largest absolute Gasteiger partial charge is 0.494 e. The molecule has 0 unspecified atom stereocenters. The molecule has 6 aliphatic heterocycles. The van der Waals surface area contributed by atoms with Gasteiger partial charge in [0, 0.05) is 180 Å². The van der Waals surface area contributed by atoms with E-state index in [-0.39, 0.29) is 176 Å². The Morgan fingerprint density at radius 2 is 0.714 bits per heavy atom. The van der Waals surface area contributed by atoms with Gasteiger partial charge in [-0.2, -0.15) is 60.7 Å². The number of carboxylic acids is 2. The van der Waals surface area contributed by atoms with Gasteiger partial charge in [-0.05, 0) is 112 Å². The van der Waals surface area contributed by atoms with Crippen molar-refractivity contribution >= 4 is 175 Å². The summed E-state index contributed by atoms with van der Waals surface area (Å²) in [6.07, 6.45) is 6.48. The van der Waals surface area contributed by atoms with Crippen molar-refractivity contribution in [3.05, 3.63) is 95.1 Å². The number of ketones is 2. The van der Waals surface area contributed by atoms with Gasteiger partial charge in [0.15, 0.2) is 31.2 Å². The zero-order chi connectivity index (χ0) is 93.1. The first-order chi connectivity index (χ1) is 59.0. The van der Waals surface area contributed by atoms with Gasteiger partial charge < -0.3 is 48.6 Å². The van der Waals surface area contributed by atoms with E-state index in [1.54, 1.807) is 38.1 Å². The molecule has 4 N–H and O–H groups in total. The highest BCUT2D eigenvalue weighted by Crippen LogP contribution is 2.36. The minimum atomic E-state index is -3.56. The minimum Gasteiger partial charge on any atom is -0.494 e. The highest BCUT2D eigenvalue weighted by Gasteiger charge is 2.36. The average molecular weight is 1860 g/mol. The average Bonchev–Trinajstić information content (AvgIpc) is 1.13. The van der Waals surface area contributed by atoms with E-state index in [1.165, 1.54) is 12.1 Å². The van der Waals surface area contributed by atoms with Crippen molar-refractivity contribution in [1.29, 1.82) is 0 Å². The molecule has 0 radical (unpaired) electrons. The van der Waals surface area contributed by atoms with Gasteiger partial charge >= 0.3 is 23.9 Å². The molecule has 0 aliphatic carbocycles. The Kier molecular flexibility index (Phi) is 38.7. The first-order valence-corrected chi connectivity index (χ1v) is 46.4. The number of Topliss-reactive ketones (excluding diaryl/α,β-unsaturated/α-hetero) is 2. The van der Waals surface area contributed by atoms with Crippen LogP contribution in [0.4, 0.5) is 11.4 Å². The van der Waals surface area contributed by atoms with Crippen LogP contribution in [0.25, 0.3) is 0 Å². The van der Waals surface area contributed by atoms with Gasteiger partial charge in [-0.1, -0.05) is 55.4 Å². The number of hydrazone groups is 2. The van der Waals surface area contributed by atoms with Crippen LogP contribution in [0.2, 0.25) is 0 Å². The second-order valence-corrected chi connectivity index (χ2v) is 42.3. The summed E-state index contributed by atoms with van der Waals surface area (Å²) in [5, 5.41) is 26.6. The Bertz CT molecular complexity index is 5010. The van der Waals surface area contributed by atoms with E-state index in [4.69, 9.17) is 38.8 Å². The van der Waals surface area contributed by atoms with E-state index in [2.05, 4.69) is 91.4 Å². The Labute approximate surface area is 756 Å². The lowest BCUT2D eigenvalue weighted by Crippen LogP contribution is -2.32. The minimum absolute atomic E-state index is 0.0170. The van der Waals surface area contributed by atoms with Crippen LogP contribution >= 0.6 is 50.5 Å². The fraction of sp³-hybridized carbons (Fsp3) is 0.535. The third-order valence-corrected chi connectivity index (χ3v) is 23.3. The zero-order valence-electron chi connectivity index (χ0n) is 72.6. The van der Waals surface area contributed by atoms with Gasteiger partial charge in [0.1, 0.15) is 23.0 Å². The number of aliphatic imine (C=N–C) groups is 2. The first-order valence-electron chi connectivity index (χ1n) is 41.3. The van der Waals surface area contributed by atoms with E-state index in [0.717, 1.165) is 72.7 Å². The van der Waals surface area contributed by atoms with Crippen molar-refractivity contribution in [2.45, 2.75) is 225 Å². The molecule has 6 aliphatic rings. The van der Waals surface area contributed by atoms with Gasteiger partial charge in [0.25, 0.3) is 23.6 Å². The van der Waals surface area contributed by atoms with E-state index >= 15 is 0 Å². The van der Waals surface area contributed by atoms with E-state index in [0.29, 0.717) is 88.6 Å². The summed E-state index contributed by atoms with van der Waals surface area (Å²) in [4.78, 5) is 163. The predicted molar refractivity (Wildman–Crippen MR) is 486 cm³/mol. The Balaban J connectivity index is 0.000000232. The molecule has 10 rings (SSSR count). The van der Waals surface area contributed by atoms with Crippen molar-refractivity contribution in [2.24, 2.45) is 20.2 Å². The topological polar surface area (TPSA) is 455 Å². The predicted octanol–water partition coefficient (Wildman–Crippen LogP) is 10.3. The zero-order valence-corrected chi connectivity index (χ0v) is 77.8. The van der Waals surface area contributed by atoms with Crippen LogP contribution in [0.3, 0.4) is 0 Å². The van der Waals surface area contributed by atoms with Gasteiger partial charge in [0.05, 0.1) is 85.1 Å². The van der Waals surface area contributed by atoms with Crippen LogP contribution in [0.15, 0.2) is 103 Å². The summed E-state index contributed by atoms with van der Waals surface area (Å²) in [7, 11) is -3.01. The van der Waals surface area contributed by atoms with E-state index in [1.807, 2.05) is 92.0 Å². The van der Waals surface area contributed by atoms with Crippen LogP contribution < -0.4 is 39.6 Å². The van der Waals surface area contributed by atoms with Crippen molar-refractivity contribution in [3.63, 3.8) is 0 Å². The molecule has 6 amide bonds. The van der Waals surface area contributed by atoms with Crippen molar-refractivity contribution in [3.8, 4) is 23.0 Å². The molecule has 6 heterocycles. The molecule has 126 heavy (non-hydrogen) atoms. The summed E-state index contributed by atoms with van der Waals surface area (Å²) < 4.78 is 71.0.